The molecule has 1 saturated carbocycles. The average molecular weight is 307 g/mol. The number of rotatable bonds is 4. The highest BCUT2D eigenvalue weighted by molar-refractivity contribution is 7.99. The Balaban J connectivity index is 1.82. The quantitative estimate of drug-likeness (QED) is 0.669. The smallest absolute Gasteiger partial charge is 0.311 e. The summed E-state index contributed by atoms with van der Waals surface area (Å²) in [5.74, 6) is -0.107. The van der Waals surface area contributed by atoms with Crippen LogP contribution in [0.1, 0.15) is 31.7 Å². The first-order valence-corrected chi connectivity index (χ1v) is 7.33. The molecule has 10 heteroatoms. The van der Waals surface area contributed by atoms with Gasteiger partial charge in [-0.1, -0.05) is 12.8 Å². The Kier molecular flexibility index (Phi) is 3.69. The molecule has 0 spiro atoms. The molecular weight excluding hydrogens is 294 g/mol. The number of nitrogens with zero attached hydrogens (tertiary/aromatic N) is 6. The maximum Gasteiger partial charge on any atom is 0.311 e. The Morgan fingerprint density at radius 2 is 2.14 bits per heavy atom. The molecule has 0 atom stereocenters. The summed E-state index contributed by atoms with van der Waals surface area (Å²) < 4.78 is 1.80. The van der Waals surface area contributed by atoms with Crippen LogP contribution in [0.2, 0.25) is 0 Å². The first-order valence-electron chi connectivity index (χ1n) is 6.52. The molecule has 1 aliphatic rings. The predicted octanol–water partition coefficient (Wildman–Crippen LogP) is 1.82. The second-order valence-corrected chi connectivity index (χ2v) is 5.74. The third-order valence-electron chi connectivity index (χ3n) is 3.40. The van der Waals surface area contributed by atoms with E-state index in [9.17, 15) is 10.1 Å². The van der Waals surface area contributed by atoms with E-state index in [1.807, 2.05) is 0 Å². The molecule has 9 nitrogen and oxygen atoms in total. The van der Waals surface area contributed by atoms with E-state index in [-0.39, 0.29) is 11.5 Å². The molecule has 0 bridgehead atoms. The van der Waals surface area contributed by atoms with E-state index >= 15 is 0 Å². The van der Waals surface area contributed by atoms with Gasteiger partial charge >= 0.3 is 5.69 Å². The summed E-state index contributed by atoms with van der Waals surface area (Å²) in [6, 6.07) is 3.21. The molecular formula is C11H13N7O2S. The van der Waals surface area contributed by atoms with Crippen molar-refractivity contribution >= 4 is 23.3 Å². The van der Waals surface area contributed by atoms with Crippen molar-refractivity contribution in [3.63, 3.8) is 0 Å². The topological polar surface area (TPSA) is 126 Å². The number of nitro groups is 1. The van der Waals surface area contributed by atoms with Crippen molar-refractivity contribution in [1.82, 2.24) is 25.2 Å². The van der Waals surface area contributed by atoms with E-state index in [1.54, 1.807) is 10.7 Å². The molecule has 0 saturated heterocycles. The summed E-state index contributed by atoms with van der Waals surface area (Å²) in [6.45, 7) is 0. The number of aromatic nitrogens is 5. The van der Waals surface area contributed by atoms with Crippen molar-refractivity contribution in [1.29, 1.82) is 0 Å². The zero-order valence-corrected chi connectivity index (χ0v) is 11.9. The van der Waals surface area contributed by atoms with E-state index in [0.29, 0.717) is 16.2 Å². The number of hydrogen-bond donors (Lipinski definition) is 1. The summed E-state index contributed by atoms with van der Waals surface area (Å²) in [5, 5.41) is 23.6. The van der Waals surface area contributed by atoms with E-state index in [4.69, 9.17) is 5.73 Å². The highest BCUT2D eigenvalue weighted by Gasteiger charge is 2.22. The van der Waals surface area contributed by atoms with Crippen LogP contribution in [0.3, 0.4) is 0 Å². The third kappa shape index (κ3) is 2.79. The van der Waals surface area contributed by atoms with Gasteiger partial charge in [0.2, 0.25) is 11.0 Å². The van der Waals surface area contributed by atoms with Gasteiger partial charge in [0.1, 0.15) is 5.03 Å². The van der Waals surface area contributed by atoms with Crippen molar-refractivity contribution in [3.8, 4) is 0 Å². The molecule has 1 fully saturated rings. The molecule has 0 aromatic carbocycles. The fraction of sp³-hybridized carbons (Fsp3) is 0.455. The fourth-order valence-electron chi connectivity index (χ4n) is 2.38. The number of tetrazole rings is 1. The SMILES string of the molecule is Nc1nc(Sc2nnnn2C2CCCC2)ccc1[N+](=O)[O-]. The van der Waals surface area contributed by atoms with E-state index in [1.165, 1.54) is 30.7 Å². The lowest BCUT2D eigenvalue weighted by atomic mass is 10.3. The van der Waals surface area contributed by atoms with Crippen LogP contribution in [0.4, 0.5) is 11.5 Å². The summed E-state index contributed by atoms with van der Waals surface area (Å²) in [7, 11) is 0. The predicted molar refractivity (Wildman–Crippen MR) is 74.7 cm³/mol. The van der Waals surface area contributed by atoms with E-state index < -0.39 is 4.92 Å². The maximum atomic E-state index is 10.7. The van der Waals surface area contributed by atoms with Crippen LogP contribution in [0.15, 0.2) is 22.3 Å². The molecule has 2 heterocycles. The molecule has 21 heavy (non-hydrogen) atoms. The molecule has 1 aliphatic carbocycles. The van der Waals surface area contributed by atoms with E-state index in [0.717, 1.165) is 12.8 Å². The summed E-state index contributed by atoms with van der Waals surface area (Å²) in [6.07, 6.45) is 4.48. The van der Waals surface area contributed by atoms with Gasteiger partial charge in [-0.3, -0.25) is 10.1 Å². The highest BCUT2D eigenvalue weighted by Crippen LogP contribution is 2.34. The normalized spacial score (nSPS) is 15.4. The van der Waals surface area contributed by atoms with Gasteiger partial charge in [0.15, 0.2) is 0 Å². The Labute approximate surface area is 124 Å². The van der Waals surface area contributed by atoms with Crippen LogP contribution >= 0.6 is 11.8 Å². The molecule has 0 amide bonds. The Hall–Kier alpha value is -2.23. The van der Waals surface area contributed by atoms with Gasteiger partial charge in [-0.05, 0) is 41.1 Å². The van der Waals surface area contributed by atoms with Crippen molar-refractivity contribution in [2.24, 2.45) is 0 Å². The number of nitrogen functional groups attached to an aromatic ring is 1. The first-order chi connectivity index (χ1) is 10.1. The summed E-state index contributed by atoms with van der Waals surface area (Å²) >= 11 is 1.26. The number of nitrogens with two attached hydrogens (primary N) is 1. The second kappa shape index (κ2) is 5.64. The van der Waals surface area contributed by atoms with Gasteiger partial charge in [0.05, 0.1) is 11.0 Å². The molecule has 3 rings (SSSR count). The lowest BCUT2D eigenvalue weighted by Gasteiger charge is -2.10. The summed E-state index contributed by atoms with van der Waals surface area (Å²) in [5.41, 5.74) is 5.39. The fourth-order valence-corrected chi connectivity index (χ4v) is 3.21. The van der Waals surface area contributed by atoms with Gasteiger partial charge in [-0.2, -0.15) is 0 Å². The maximum absolute atomic E-state index is 10.7. The van der Waals surface area contributed by atoms with Crippen LogP contribution in [-0.4, -0.2) is 30.1 Å². The minimum absolute atomic E-state index is 0.107. The van der Waals surface area contributed by atoms with Crippen molar-refractivity contribution < 1.29 is 4.92 Å². The van der Waals surface area contributed by atoms with Crippen LogP contribution in [0.25, 0.3) is 0 Å². The minimum Gasteiger partial charge on any atom is -0.378 e. The lowest BCUT2D eigenvalue weighted by Crippen LogP contribution is -2.08. The zero-order chi connectivity index (χ0) is 14.8. The standard InChI is InChI=1S/C11H13N7O2S/c12-10-8(18(19)20)5-6-9(13-10)21-11-14-15-16-17(11)7-3-1-2-4-7/h5-7H,1-4H2,(H2,12,13). The van der Waals surface area contributed by atoms with Gasteiger partial charge in [-0.15, -0.1) is 5.10 Å². The Morgan fingerprint density at radius 1 is 1.38 bits per heavy atom. The van der Waals surface area contributed by atoms with Crippen LogP contribution in [0, 0.1) is 10.1 Å². The average Bonchev–Trinajstić information content (AvgIpc) is 3.08. The van der Waals surface area contributed by atoms with E-state index in [2.05, 4.69) is 20.5 Å². The third-order valence-corrected chi connectivity index (χ3v) is 4.29. The minimum atomic E-state index is -0.556. The second-order valence-electron chi connectivity index (χ2n) is 4.76. The van der Waals surface area contributed by atoms with Gasteiger partial charge in [-0.25, -0.2) is 9.67 Å². The molecule has 2 aromatic rings. The van der Waals surface area contributed by atoms with Gasteiger partial charge < -0.3 is 5.73 Å². The number of pyridine rings is 1. The molecule has 110 valence electrons. The van der Waals surface area contributed by atoms with Crippen LogP contribution in [0.5, 0.6) is 0 Å². The number of hydrogen-bond acceptors (Lipinski definition) is 8. The molecule has 2 N–H and O–H groups in total. The van der Waals surface area contributed by atoms with Crippen LogP contribution in [-0.2, 0) is 0 Å². The monoisotopic (exact) mass is 307 g/mol. The highest BCUT2D eigenvalue weighted by atomic mass is 32.2. The Morgan fingerprint density at radius 3 is 2.81 bits per heavy atom. The van der Waals surface area contributed by atoms with Crippen molar-refractivity contribution in [3.05, 3.63) is 22.2 Å². The van der Waals surface area contributed by atoms with Crippen molar-refractivity contribution in [2.45, 2.75) is 41.9 Å². The Bertz CT molecular complexity index is 668. The zero-order valence-electron chi connectivity index (χ0n) is 11.0. The number of anilines is 1. The molecule has 2 aromatic heterocycles. The van der Waals surface area contributed by atoms with Crippen LogP contribution < -0.4 is 5.73 Å². The largest absolute Gasteiger partial charge is 0.378 e. The summed E-state index contributed by atoms with van der Waals surface area (Å²) in [4.78, 5) is 14.2. The molecule has 0 aliphatic heterocycles. The molecule has 0 unspecified atom stereocenters. The van der Waals surface area contributed by atoms with Gasteiger partial charge in [0, 0.05) is 6.07 Å². The lowest BCUT2D eigenvalue weighted by molar-refractivity contribution is -0.384. The molecule has 0 radical (unpaired) electrons. The van der Waals surface area contributed by atoms with Gasteiger partial charge in [0.25, 0.3) is 0 Å². The first kappa shape index (κ1) is 13.7. The van der Waals surface area contributed by atoms with Crippen molar-refractivity contribution in [2.75, 3.05) is 5.73 Å².